The Morgan fingerprint density at radius 3 is 2.68 bits per heavy atom. The van der Waals surface area contributed by atoms with E-state index in [1.807, 2.05) is 13.8 Å². The van der Waals surface area contributed by atoms with Crippen LogP contribution >= 0.6 is 0 Å². The van der Waals surface area contributed by atoms with Gasteiger partial charge in [0.25, 0.3) is 0 Å². The summed E-state index contributed by atoms with van der Waals surface area (Å²) in [5.74, 6) is -0.373. The number of para-hydroxylation sites is 1. The molecule has 1 amide bonds. The maximum atomic E-state index is 13.2. The first-order valence-electron chi connectivity index (χ1n) is 6.32. The fraction of sp³-hybridized carbons (Fsp3) is 0.500. The number of amides is 1. The fourth-order valence-electron chi connectivity index (χ4n) is 1.52. The van der Waals surface area contributed by atoms with Crippen LogP contribution in [0.25, 0.3) is 0 Å². The zero-order valence-electron chi connectivity index (χ0n) is 11.2. The first kappa shape index (κ1) is 15.4. The van der Waals surface area contributed by atoms with Crippen molar-refractivity contribution < 1.29 is 19.0 Å². The van der Waals surface area contributed by atoms with Crippen molar-refractivity contribution >= 4 is 5.91 Å². The second-order valence-corrected chi connectivity index (χ2v) is 4.63. The molecule has 0 aromatic heterocycles. The van der Waals surface area contributed by atoms with Crippen molar-refractivity contribution in [3.05, 3.63) is 30.1 Å². The molecule has 1 aromatic carbocycles. The third kappa shape index (κ3) is 5.26. The standard InChI is InChI=1S/C14H20FNO3/c1-10(2)12(9-17)16-14(18)7-8-19-13-6-4-3-5-11(13)15/h3-6,10,12,17H,7-9H2,1-2H3,(H,16,18). The zero-order chi connectivity index (χ0) is 14.3. The van der Waals surface area contributed by atoms with Crippen molar-refractivity contribution in [3.63, 3.8) is 0 Å². The third-order valence-corrected chi connectivity index (χ3v) is 2.77. The van der Waals surface area contributed by atoms with Gasteiger partial charge in [-0.15, -0.1) is 0 Å². The minimum Gasteiger partial charge on any atom is -0.490 e. The van der Waals surface area contributed by atoms with Crippen LogP contribution in [-0.2, 0) is 4.79 Å². The fourth-order valence-corrected chi connectivity index (χ4v) is 1.52. The lowest BCUT2D eigenvalue weighted by Gasteiger charge is -2.19. The summed E-state index contributed by atoms with van der Waals surface area (Å²) >= 11 is 0. The molecular weight excluding hydrogens is 249 g/mol. The molecule has 0 spiro atoms. The number of ether oxygens (including phenoxy) is 1. The summed E-state index contributed by atoms with van der Waals surface area (Å²) in [7, 11) is 0. The molecule has 0 aliphatic carbocycles. The van der Waals surface area contributed by atoms with Crippen LogP contribution in [0.1, 0.15) is 20.3 Å². The first-order valence-corrected chi connectivity index (χ1v) is 6.32. The van der Waals surface area contributed by atoms with Gasteiger partial charge in [-0.1, -0.05) is 26.0 Å². The van der Waals surface area contributed by atoms with E-state index < -0.39 is 5.82 Å². The average molecular weight is 269 g/mol. The van der Waals surface area contributed by atoms with Gasteiger partial charge in [-0.25, -0.2) is 4.39 Å². The number of carbonyl (C=O) groups is 1. The summed E-state index contributed by atoms with van der Waals surface area (Å²) in [6.45, 7) is 3.83. The van der Waals surface area contributed by atoms with Gasteiger partial charge in [-0.2, -0.15) is 0 Å². The van der Waals surface area contributed by atoms with Crippen LogP contribution in [0.5, 0.6) is 5.75 Å². The quantitative estimate of drug-likeness (QED) is 0.792. The number of aliphatic hydroxyl groups is 1. The van der Waals surface area contributed by atoms with E-state index in [1.54, 1.807) is 12.1 Å². The Morgan fingerprint density at radius 2 is 2.11 bits per heavy atom. The Morgan fingerprint density at radius 1 is 1.42 bits per heavy atom. The van der Waals surface area contributed by atoms with Crippen molar-refractivity contribution in [2.45, 2.75) is 26.3 Å². The van der Waals surface area contributed by atoms with Gasteiger partial charge in [0.15, 0.2) is 11.6 Å². The Labute approximate surface area is 112 Å². The highest BCUT2D eigenvalue weighted by atomic mass is 19.1. The monoisotopic (exact) mass is 269 g/mol. The lowest BCUT2D eigenvalue weighted by atomic mass is 10.1. The first-order chi connectivity index (χ1) is 9.04. The van der Waals surface area contributed by atoms with E-state index in [1.165, 1.54) is 12.1 Å². The Bertz CT molecular complexity index is 409. The minimum atomic E-state index is -0.446. The highest BCUT2D eigenvalue weighted by molar-refractivity contribution is 5.76. The van der Waals surface area contributed by atoms with E-state index in [4.69, 9.17) is 9.84 Å². The molecule has 2 N–H and O–H groups in total. The number of nitrogens with one attached hydrogen (secondary N) is 1. The highest BCUT2D eigenvalue weighted by Crippen LogP contribution is 2.15. The predicted octanol–water partition coefficient (Wildman–Crippen LogP) is 1.73. The van der Waals surface area contributed by atoms with Gasteiger partial charge >= 0.3 is 0 Å². The number of rotatable bonds is 7. The molecule has 4 nitrogen and oxygen atoms in total. The molecule has 19 heavy (non-hydrogen) atoms. The highest BCUT2D eigenvalue weighted by Gasteiger charge is 2.14. The van der Waals surface area contributed by atoms with Crippen molar-refractivity contribution in [2.75, 3.05) is 13.2 Å². The molecule has 0 fully saturated rings. The zero-order valence-corrected chi connectivity index (χ0v) is 11.2. The second-order valence-electron chi connectivity index (χ2n) is 4.63. The summed E-state index contributed by atoms with van der Waals surface area (Å²) < 4.78 is 18.4. The van der Waals surface area contributed by atoms with Gasteiger partial charge in [-0.3, -0.25) is 4.79 Å². The van der Waals surface area contributed by atoms with Gasteiger partial charge in [0, 0.05) is 0 Å². The van der Waals surface area contributed by atoms with E-state index in [-0.39, 0.29) is 43.3 Å². The topological polar surface area (TPSA) is 58.6 Å². The summed E-state index contributed by atoms with van der Waals surface area (Å²) in [5, 5.41) is 11.8. The van der Waals surface area contributed by atoms with Crippen LogP contribution in [-0.4, -0.2) is 30.3 Å². The predicted molar refractivity (Wildman–Crippen MR) is 70.4 cm³/mol. The molecule has 0 bridgehead atoms. The van der Waals surface area contributed by atoms with Crippen molar-refractivity contribution in [3.8, 4) is 5.75 Å². The molecule has 0 aliphatic rings. The average Bonchev–Trinajstić information content (AvgIpc) is 2.38. The number of benzene rings is 1. The van der Waals surface area contributed by atoms with Gasteiger partial charge in [0.2, 0.25) is 5.91 Å². The lowest BCUT2D eigenvalue weighted by molar-refractivity contribution is -0.123. The second kappa shape index (κ2) is 7.74. The van der Waals surface area contributed by atoms with E-state index >= 15 is 0 Å². The van der Waals surface area contributed by atoms with Crippen LogP contribution in [0, 0.1) is 11.7 Å². The van der Waals surface area contributed by atoms with Gasteiger partial charge in [-0.05, 0) is 18.1 Å². The van der Waals surface area contributed by atoms with Gasteiger partial charge in [0.1, 0.15) is 0 Å². The van der Waals surface area contributed by atoms with E-state index in [9.17, 15) is 9.18 Å². The number of aliphatic hydroxyl groups excluding tert-OH is 1. The minimum absolute atomic E-state index is 0.0996. The van der Waals surface area contributed by atoms with Crippen molar-refractivity contribution in [1.82, 2.24) is 5.32 Å². The third-order valence-electron chi connectivity index (χ3n) is 2.77. The molecule has 0 heterocycles. The molecule has 106 valence electrons. The maximum Gasteiger partial charge on any atom is 0.223 e. The number of carbonyl (C=O) groups excluding carboxylic acids is 1. The molecule has 0 aliphatic heterocycles. The van der Waals surface area contributed by atoms with Crippen LogP contribution in [0.3, 0.4) is 0 Å². The molecular formula is C14H20FNO3. The summed E-state index contributed by atoms with van der Waals surface area (Å²) in [5.41, 5.74) is 0. The Balaban J connectivity index is 2.33. The maximum absolute atomic E-state index is 13.2. The summed E-state index contributed by atoms with van der Waals surface area (Å²) in [6.07, 6.45) is 0.123. The van der Waals surface area contributed by atoms with Crippen molar-refractivity contribution in [1.29, 1.82) is 0 Å². The smallest absolute Gasteiger partial charge is 0.223 e. The van der Waals surface area contributed by atoms with Crippen LogP contribution in [0.2, 0.25) is 0 Å². The van der Waals surface area contributed by atoms with Crippen LogP contribution < -0.4 is 10.1 Å². The van der Waals surface area contributed by atoms with E-state index in [0.717, 1.165) is 0 Å². The SMILES string of the molecule is CC(C)C(CO)NC(=O)CCOc1ccccc1F. The molecule has 1 atom stereocenters. The molecule has 0 saturated heterocycles. The van der Waals surface area contributed by atoms with Crippen LogP contribution in [0.15, 0.2) is 24.3 Å². The van der Waals surface area contributed by atoms with Crippen molar-refractivity contribution in [2.24, 2.45) is 5.92 Å². The number of halogens is 1. The molecule has 1 unspecified atom stereocenters. The normalized spacial score (nSPS) is 12.3. The van der Waals surface area contributed by atoms with Crippen LogP contribution in [0.4, 0.5) is 4.39 Å². The molecule has 0 saturated carbocycles. The number of hydrogen-bond acceptors (Lipinski definition) is 3. The Hall–Kier alpha value is -1.62. The molecule has 1 rings (SSSR count). The lowest BCUT2D eigenvalue weighted by Crippen LogP contribution is -2.41. The largest absolute Gasteiger partial charge is 0.490 e. The summed E-state index contributed by atoms with van der Waals surface area (Å²) in [4.78, 5) is 11.6. The summed E-state index contributed by atoms with van der Waals surface area (Å²) in [6, 6.07) is 5.79. The molecule has 0 radical (unpaired) electrons. The molecule has 1 aromatic rings. The van der Waals surface area contributed by atoms with Gasteiger partial charge in [0.05, 0.1) is 25.7 Å². The van der Waals surface area contributed by atoms with E-state index in [0.29, 0.717) is 0 Å². The number of hydrogen-bond donors (Lipinski definition) is 2. The Kier molecular flexibility index (Phi) is 6.29. The van der Waals surface area contributed by atoms with E-state index in [2.05, 4.69) is 5.32 Å². The van der Waals surface area contributed by atoms with Gasteiger partial charge < -0.3 is 15.2 Å². The molecule has 5 heteroatoms.